The maximum Gasteiger partial charge on any atom is 0.329 e. The van der Waals surface area contributed by atoms with Gasteiger partial charge in [0.25, 0.3) is 0 Å². The van der Waals surface area contributed by atoms with Crippen LogP contribution in [0.25, 0.3) is 0 Å². The molecule has 0 radical (unpaired) electrons. The summed E-state index contributed by atoms with van der Waals surface area (Å²) in [4.78, 5) is 19.0. The minimum atomic E-state index is -0.453. The number of cyclic esters (lactones) is 1. The Morgan fingerprint density at radius 3 is 2.96 bits per heavy atom. The first kappa shape index (κ1) is 16.2. The van der Waals surface area contributed by atoms with Crippen molar-refractivity contribution in [2.75, 3.05) is 26.2 Å². The normalized spacial score (nSPS) is 25.3. The summed E-state index contributed by atoms with van der Waals surface area (Å²) in [5.41, 5.74) is 1.77. The Morgan fingerprint density at radius 2 is 2.16 bits per heavy atom. The van der Waals surface area contributed by atoms with Crippen LogP contribution in [0.2, 0.25) is 0 Å². The van der Waals surface area contributed by atoms with Gasteiger partial charge in [0.2, 0.25) is 0 Å². The van der Waals surface area contributed by atoms with Crippen molar-refractivity contribution in [3.05, 3.63) is 53.9 Å². The third-order valence-electron chi connectivity index (χ3n) is 5.11. The van der Waals surface area contributed by atoms with Gasteiger partial charge in [-0.05, 0) is 24.6 Å². The fraction of sp³-hybridized carbons (Fsp3) is 0.444. The molecule has 0 aliphatic carbocycles. The Morgan fingerprint density at radius 1 is 1.36 bits per heavy atom. The van der Waals surface area contributed by atoms with Gasteiger partial charge in [0, 0.05) is 19.6 Å². The van der Waals surface area contributed by atoms with Crippen LogP contribution in [-0.4, -0.2) is 52.7 Å². The second-order valence-corrected chi connectivity index (χ2v) is 6.58. The van der Waals surface area contributed by atoms with E-state index in [-0.39, 0.29) is 23.9 Å². The first-order valence-electron chi connectivity index (χ1n) is 8.55. The Hall–Kier alpha value is -2.25. The lowest BCUT2D eigenvalue weighted by molar-refractivity contribution is -0.164. The highest BCUT2D eigenvalue weighted by Gasteiger charge is 2.41. The van der Waals surface area contributed by atoms with Gasteiger partial charge < -0.3 is 14.6 Å². The van der Waals surface area contributed by atoms with Gasteiger partial charge in [0.05, 0.1) is 30.3 Å². The quantitative estimate of drug-likeness (QED) is 0.855. The van der Waals surface area contributed by atoms with Crippen LogP contribution in [0.5, 0.6) is 0 Å². The van der Waals surface area contributed by atoms with Crippen molar-refractivity contribution in [2.45, 2.75) is 25.0 Å². The summed E-state index contributed by atoms with van der Waals surface area (Å²) in [5, 5.41) is 3.34. The zero-order valence-electron chi connectivity index (χ0n) is 14.1. The third-order valence-corrected chi connectivity index (χ3v) is 5.11. The lowest BCUT2D eigenvalue weighted by atomic mass is 10.0. The van der Waals surface area contributed by atoms with Gasteiger partial charge in [-0.25, -0.2) is 14.2 Å². The van der Waals surface area contributed by atoms with Gasteiger partial charge in [0.1, 0.15) is 12.4 Å². The molecule has 1 aromatic carbocycles. The standard InChI is InChI=1S/C18H21FN4O2/c1-12(13-2-4-14(19)5-3-13)23-11-21-9-16(23)17-18(24)25-10-15-8-20-6-7-22(15)17/h2-5,9,11-12,15,17,20H,6-8,10H2,1H3/t12-,15?,17?/m1/s1. The van der Waals surface area contributed by atoms with Gasteiger partial charge in [-0.3, -0.25) is 4.90 Å². The second-order valence-electron chi connectivity index (χ2n) is 6.58. The Labute approximate surface area is 145 Å². The van der Waals surface area contributed by atoms with Crippen molar-refractivity contribution in [2.24, 2.45) is 0 Å². The summed E-state index contributed by atoms with van der Waals surface area (Å²) in [6.45, 7) is 4.89. The lowest BCUT2D eigenvalue weighted by Gasteiger charge is -2.43. The van der Waals surface area contributed by atoms with E-state index < -0.39 is 6.04 Å². The molecule has 7 heteroatoms. The zero-order valence-corrected chi connectivity index (χ0v) is 14.1. The number of morpholine rings is 1. The number of nitrogens with one attached hydrogen (secondary N) is 1. The Kier molecular flexibility index (Phi) is 4.27. The van der Waals surface area contributed by atoms with E-state index in [1.165, 1.54) is 12.1 Å². The van der Waals surface area contributed by atoms with Crippen LogP contribution in [0.15, 0.2) is 36.8 Å². The number of imidazole rings is 1. The molecule has 2 aliphatic rings. The predicted octanol–water partition coefficient (Wildman–Crippen LogP) is 1.50. The highest BCUT2D eigenvalue weighted by molar-refractivity contribution is 5.78. The van der Waals surface area contributed by atoms with Gasteiger partial charge >= 0.3 is 5.97 Å². The number of halogens is 1. The highest BCUT2D eigenvalue weighted by Crippen LogP contribution is 2.32. The summed E-state index contributed by atoms with van der Waals surface area (Å²) in [6.07, 6.45) is 3.46. The largest absolute Gasteiger partial charge is 0.463 e. The molecule has 1 aromatic heterocycles. The number of carbonyl (C=O) groups excluding carboxylic acids is 1. The minimum absolute atomic E-state index is 0.0609. The van der Waals surface area contributed by atoms with Gasteiger partial charge in [-0.1, -0.05) is 12.1 Å². The highest BCUT2D eigenvalue weighted by atomic mass is 19.1. The topological polar surface area (TPSA) is 59.4 Å². The van der Waals surface area contributed by atoms with Crippen LogP contribution < -0.4 is 5.32 Å². The minimum Gasteiger partial charge on any atom is -0.463 e. The van der Waals surface area contributed by atoms with Gasteiger partial charge in [-0.2, -0.15) is 0 Å². The summed E-state index contributed by atoms with van der Waals surface area (Å²) in [7, 11) is 0. The fourth-order valence-electron chi connectivity index (χ4n) is 3.71. The molecule has 2 aliphatic heterocycles. The van der Waals surface area contributed by atoms with Crippen LogP contribution in [0.4, 0.5) is 4.39 Å². The molecule has 3 heterocycles. The molecule has 4 rings (SSSR count). The maximum atomic E-state index is 13.2. The van der Waals surface area contributed by atoms with Crippen LogP contribution in [0.3, 0.4) is 0 Å². The number of ether oxygens (including phenoxy) is 1. The first-order valence-corrected chi connectivity index (χ1v) is 8.55. The molecule has 2 aromatic rings. The molecule has 0 spiro atoms. The number of nitrogens with zero attached hydrogens (tertiary/aromatic N) is 3. The number of fused-ring (bicyclic) bond motifs is 1. The van der Waals surface area contributed by atoms with E-state index in [1.54, 1.807) is 24.7 Å². The molecule has 6 nitrogen and oxygen atoms in total. The molecule has 0 amide bonds. The van der Waals surface area contributed by atoms with E-state index >= 15 is 0 Å². The smallest absolute Gasteiger partial charge is 0.329 e. The number of carbonyl (C=O) groups is 1. The summed E-state index contributed by atoms with van der Waals surface area (Å²) in [5.74, 6) is -0.493. The molecular formula is C18H21FN4O2. The monoisotopic (exact) mass is 344 g/mol. The van der Waals surface area contributed by atoms with Crippen molar-refractivity contribution < 1.29 is 13.9 Å². The lowest BCUT2D eigenvalue weighted by Crippen LogP contribution is -2.59. The number of piperazine rings is 1. The predicted molar refractivity (Wildman–Crippen MR) is 89.5 cm³/mol. The van der Waals surface area contributed by atoms with E-state index in [4.69, 9.17) is 4.74 Å². The van der Waals surface area contributed by atoms with Crippen molar-refractivity contribution in [1.82, 2.24) is 19.8 Å². The summed E-state index contributed by atoms with van der Waals surface area (Å²) in [6, 6.07) is 6.09. The van der Waals surface area contributed by atoms with E-state index in [0.29, 0.717) is 6.61 Å². The van der Waals surface area contributed by atoms with Crippen molar-refractivity contribution in [3.63, 3.8) is 0 Å². The van der Waals surface area contributed by atoms with Crippen LogP contribution in [-0.2, 0) is 9.53 Å². The van der Waals surface area contributed by atoms with Crippen molar-refractivity contribution >= 4 is 5.97 Å². The number of rotatable bonds is 3. The van der Waals surface area contributed by atoms with Crippen LogP contribution in [0, 0.1) is 5.82 Å². The molecule has 132 valence electrons. The molecular weight excluding hydrogens is 323 g/mol. The van der Waals surface area contributed by atoms with Crippen LogP contribution in [0.1, 0.15) is 30.3 Å². The van der Waals surface area contributed by atoms with Crippen LogP contribution >= 0.6 is 0 Å². The van der Waals surface area contributed by atoms with Gasteiger partial charge in [0.15, 0.2) is 6.04 Å². The third kappa shape index (κ3) is 2.94. The Bertz CT molecular complexity index is 761. The van der Waals surface area contributed by atoms with E-state index in [9.17, 15) is 9.18 Å². The van der Waals surface area contributed by atoms with Crippen molar-refractivity contribution in [3.8, 4) is 0 Å². The summed E-state index contributed by atoms with van der Waals surface area (Å²) >= 11 is 0. The molecule has 0 saturated carbocycles. The van der Waals surface area contributed by atoms with Gasteiger partial charge in [-0.15, -0.1) is 0 Å². The van der Waals surface area contributed by atoms with E-state index in [1.807, 2.05) is 11.5 Å². The molecule has 2 unspecified atom stereocenters. The average molecular weight is 344 g/mol. The summed E-state index contributed by atoms with van der Waals surface area (Å²) < 4.78 is 20.6. The van der Waals surface area contributed by atoms with E-state index in [2.05, 4.69) is 15.2 Å². The number of benzene rings is 1. The molecule has 3 atom stereocenters. The van der Waals surface area contributed by atoms with Crippen molar-refractivity contribution in [1.29, 1.82) is 0 Å². The average Bonchev–Trinajstić information content (AvgIpc) is 3.11. The SMILES string of the molecule is C[C@H](c1ccc(F)cc1)n1cncc1C1C(=O)OCC2CNCCN21. The molecule has 2 saturated heterocycles. The molecule has 0 bridgehead atoms. The zero-order chi connectivity index (χ0) is 17.4. The second kappa shape index (κ2) is 6.57. The number of aromatic nitrogens is 2. The Balaban J connectivity index is 1.68. The molecule has 25 heavy (non-hydrogen) atoms. The molecule has 2 fully saturated rings. The first-order chi connectivity index (χ1) is 12.1. The number of hydrogen-bond acceptors (Lipinski definition) is 5. The number of hydrogen-bond donors (Lipinski definition) is 1. The fourth-order valence-corrected chi connectivity index (χ4v) is 3.71. The number of esters is 1. The van der Waals surface area contributed by atoms with E-state index in [0.717, 1.165) is 30.9 Å². The maximum absolute atomic E-state index is 13.2. The molecule has 1 N–H and O–H groups in total.